The average Bonchev–Trinajstić information content (AvgIpc) is 2.41. The highest BCUT2D eigenvalue weighted by Crippen LogP contribution is 2.32. The number of likely N-dealkylation sites (N-methyl/N-ethyl adjacent to an activating group) is 1. The van der Waals surface area contributed by atoms with E-state index in [4.69, 9.17) is 4.74 Å². The van der Waals surface area contributed by atoms with Gasteiger partial charge in [0.25, 0.3) is 0 Å². The van der Waals surface area contributed by atoms with E-state index in [9.17, 15) is 0 Å². The lowest BCUT2D eigenvalue weighted by Gasteiger charge is -2.38. The van der Waals surface area contributed by atoms with Crippen molar-refractivity contribution in [1.82, 2.24) is 10.2 Å². The monoisotopic (exact) mass is 298 g/mol. The predicted octanol–water partition coefficient (Wildman–Crippen LogP) is 3.54. The van der Waals surface area contributed by atoms with Gasteiger partial charge in [-0.05, 0) is 58.5 Å². The van der Waals surface area contributed by atoms with Crippen LogP contribution in [0.15, 0.2) is 0 Å². The fourth-order valence-corrected chi connectivity index (χ4v) is 3.70. The molecule has 126 valence electrons. The van der Waals surface area contributed by atoms with Gasteiger partial charge in [-0.2, -0.15) is 0 Å². The Labute approximate surface area is 132 Å². The van der Waals surface area contributed by atoms with Gasteiger partial charge in [0, 0.05) is 19.1 Å². The Bertz CT molecular complexity index is 258. The Morgan fingerprint density at radius 2 is 2.00 bits per heavy atom. The summed E-state index contributed by atoms with van der Waals surface area (Å²) < 4.78 is 5.68. The Balaban J connectivity index is 2.41. The SMILES string of the molecule is CCCC1CCC(NCC)C(CN(C)CCOC(C)C)C1. The van der Waals surface area contributed by atoms with Crippen molar-refractivity contribution in [2.75, 3.05) is 33.3 Å². The maximum Gasteiger partial charge on any atom is 0.0596 e. The molecule has 3 unspecified atom stereocenters. The molecular weight excluding hydrogens is 260 g/mol. The molecule has 1 rings (SSSR count). The quantitative estimate of drug-likeness (QED) is 0.667. The zero-order chi connectivity index (χ0) is 15.7. The number of hydrogen-bond donors (Lipinski definition) is 1. The summed E-state index contributed by atoms with van der Waals surface area (Å²) in [6.45, 7) is 13.0. The van der Waals surface area contributed by atoms with Gasteiger partial charge in [-0.25, -0.2) is 0 Å². The molecule has 0 spiro atoms. The second kappa shape index (κ2) is 10.6. The van der Waals surface area contributed by atoms with Crippen molar-refractivity contribution >= 4 is 0 Å². The smallest absolute Gasteiger partial charge is 0.0596 e. The van der Waals surface area contributed by atoms with Crippen LogP contribution in [0.1, 0.15) is 59.8 Å². The average molecular weight is 299 g/mol. The summed E-state index contributed by atoms with van der Waals surface area (Å²) in [7, 11) is 2.25. The van der Waals surface area contributed by atoms with Crippen LogP contribution >= 0.6 is 0 Å². The van der Waals surface area contributed by atoms with Crippen LogP contribution in [-0.2, 0) is 4.74 Å². The van der Waals surface area contributed by atoms with E-state index in [1.165, 1.54) is 38.6 Å². The topological polar surface area (TPSA) is 24.5 Å². The summed E-state index contributed by atoms with van der Waals surface area (Å²) in [5, 5.41) is 3.72. The molecule has 0 aromatic rings. The van der Waals surface area contributed by atoms with Crippen molar-refractivity contribution in [3.05, 3.63) is 0 Å². The molecule has 0 radical (unpaired) electrons. The van der Waals surface area contributed by atoms with Crippen molar-refractivity contribution in [1.29, 1.82) is 0 Å². The molecule has 0 heterocycles. The van der Waals surface area contributed by atoms with E-state index in [0.717, 1.165) is 37.6 Å². The lowest BCUT2D eigenvalue weighted by Crippen LogP contribution is -2.45. The Kier molecular flexibility index (Phi) is 9.54. The molecule has 1 saturated carbocycles. The van der Waals surface area contributed by atoms with Crippen LogP contribution in [0.2, 0.25) is 0 Å². The molecule has 1 fully saturated rings. The second-order valence-electron chi connectivity index (χ2n) is 7.07. The molecule has 0 amide bonds. The molecule has 3 nitrogen and oxygen atoms in total. The van der Waals surface area contributed by atoms with Crippen molar-refractivity contribution in [3.63, 3.8) is 0 Å². The van der Waals surface area contributed by atoms with Crippen LogP contribution in [-0.4, -0.2) is 50.3 Å². The van der Waals surface area contributed by atoms with Gasteiger partial charge in [-0.3, -0.25) is 0 Å². The Hall–Kier alpha value is -0.120. The number of rotatable bonds is 10. The summed E-state index contributed by atoms with van der Waals surface area (Å²) in [6.07, 6.45) is 7.27. The van der Waals surface area contributed by atoms with Crippen LogP contribution in [0.25, 0.3) is 0 Å². The molecule has 3 heteroatoms. The van der Waals surface area contributed by atoms with E-state index in [1.807, 2.05) is 0 Å². The highest BCUT2D eigenvalue weighted by Gasteiger charge is 2.30. The maximum atomic E-state index is 5.68. The van der Waals surface area contributed by atoms with Crippen molar-refractivity contribution in [3.8, 4) is 0 Å². The maximum absolute atomic E-state index is 5.68. The fraction of sp³-hybridized carbons (Fsp3) is 1.00. The van der Waals surface area contributed by atoms with Gasteiger partial charge in [0.05, 0.1) is 12.7 Å². The molecule has 3 atom stereocenters. The highest BCUT2D eigenvalue weighted by atomic mass is 16.5. The normalized spacial score (nSPS) is 26.7. The molecule has 0 bridgehead atoms. The fourth-order valence-electron chi connectivity index (χ4n) is 3.70. The minimum Gasteiger partial charge on any atom is -0.377 e. The van der Waals surface area contributed by atoms with E-state index in [0.29, 0.717) is 6.10 Å². The third-order valence-electron chi connectivity index (χ3n) is 4.72. The summed E-state index contributed by atoms with van der Waals surface area (Å²) in [5.74, 6) is 1.76. The third-order valence-corrected chi connectivity index (χ3v) is 4.72. The van der Waals surface area contributed by atoms with Crippen LogP contribution in [0.5, 0.6) is 0 Å². The van der Waals surface area contributed by atoms with Crippen LogP contribution in [0.3, 0.4) is 0 Å². The molecule has 0 aliphatic heterocycles. The van der Waals surface area contributed by atoms with Gasteiger partial charge < -0.3 is 15.0 Å². The van der Waals surface area contributed by atoms with Crippen molar-refractivity contribution < 1.29 is 4.74 Å². The van der Waals surface area contributed by atoms with Crippen molar-refractivity contribution in [2.24, 2.45) is 11.8 Å². The second-order valence-corrected chi connectivity index (χ2v) is 7.07. The van der Waals surface area contributed by atoms with E-state index >= 15 is 0 Å². The van der Waals surface area contributed by atoms with Gasteiger partial charge in [0.2, 0.25) is 0 Å². The summed E-state index contributed by atoms with van der Waals surface area (Å²) in [5.41, 5.74) is 0. The van der Waals surface area contributed by atoms with E-state index in [2.05, 4.69) is 45.0 Å². The Morgan fingerprint density at radius 1 is 1.24 bits per heavy atom. The van der Waals surface area contributed by atoms with Gasteiger partial charge >= 0.3 is 0 Å². The minimum absolute atomic E-state index is 0.344. The summed E-state index contributed by atoms with van der Waals surface area (Å²) >= 11 is 0. The first-order chi connectivity index (χ1) is 10.1. The number of nitrogens with one attached hydrogen (secondary N) is 1. The molecular formula is C18H38N2O. The molecule has 0 saturated heterocycles. The summed E-state index contributed by atoms with van der Waals surface area (Å²) in [6, 6.07) is 0.719. The number of hydrogen-bond acceptors (Lipinski definition) is 3. The van der Waals surface area contributed by atoms with Gasteiger partial charge in [-0.1, -0.05) is 26.7 Å². The first kappa shape index (κ1) is 18.9. The van der Waals surface area contributed by atoms with E-state index < -0.39 is 0 Å². The summed E-state index contributed by atoms with van der Waals surface area (Å²) in [4.78, 5) is 2.46. The standard InChI is InChI=1S/C18H38N2O/c1-6-8-16-9-10-18(19-7-2)17(13-16)14-20(5)11-12-21-15(3)4/h15-19H,6-14H2,1-5H3. The highest BCUT2D eigenvalue weighted by molar-refractivity contribution is 4.86. The molecule has 1 N–H and O–H groups in total. The third kappa shape index (κ3) is 7.62. The van der Waals surface area contributed by atoms with Crippen LogP contribution < -0.4 is 5.32 Å². The number of ether oxygens (including phenoxy) is 1. The van der Waals surface area contributed by atoms with Crippen molar-refractivity contribution in [2.45, 2.75) is 71.9 Å². The molecule has 0 aromatic heterocycles. The van der Waals surface area contributed by atoms with Gasteiger partial charge in [0.15, 0.2) is 0 Å². The molecule has 0 aromatic carbocycles. The minimum atomic E-state index is 0.344. The van der Waals surface area contributed by atoms with Gasteiger partial charge in [0.1, 0.15) is 0 Å². The molecule has 1 aliphatic rings. The zero-order valence-corrected chi connectivity index (χ0v) is 15.0. The van der Waals surface area contributed by atoms with Crippen LogP contribution in [0.4, 0.5) is 0 Å². The first-order valence-corrected chi connectivity index (χ1v) is 9.10. The molecule has 1 aliphatic carbocycles. The zero-order valence-electron chi connectivity index (χ0n) is 15.0. The Morgan fingerprint density at radius 3 is 2.62 bits per heavy atom. The number of nitrogens with zero attached hydrogens (tertiary/aromatic N) is 1. The lowest BCUT2D eigenvalue weighted by atomic mass is 9.76. The first-order valence-electron chi connectivity index (χ1n) is 9.10. The van der Waals surface area contributed by atoms with E-state index in [-0.39, 0.29) is 0 Å². The predicted molar refractivity (Wildman–Crippen MR) is 91.8 cm³/mol. The molecule has 21 heavy (non-hydrogen) atoms. The van der Waals surface area contributed by atoms with Gasteiger partial charge in [-0.15, -0.1) is 0 Å². The lowest BCUT2D eigenvalue weighted by molar-refractivity contribution is 0.0561. The van der Waals surface area contributed by atoms with E-state index in [1.54, 1.807) is 0 Å². The van der Waals surface area contributed by atoms with Crippen LogP contribution in [0, 0.1) is 11.8 Å². The largest absolute Gasteiger partial charge is 0.377 e.